The Morgan fingerprint density at radius 3 is 3.07 bits per heavy atom. The fourth-order valence-corrected chi connectivity index (χ4v) is 1.76. The largest absolute Gasteiger partial charge is 0.340 e. The first kappa shape index (κ1) is 9.27. The molecule has 4 heteroatoms. The van der Waals surface area contributed by atoms with Gasteiger partial charge in [-0.05, 0) is 25.1 Å². The quantitative estimate of drug-likeness (QED) is 0.744. The van der Waals surface area contributed by atoms with E-state index in [0.717, 1.165) is 19.5 Å². The molecule has 0 aromatic carbocycles. The summed E-state index contributed by atoms with van der Waals surface area (Å²) in [6.45, 7) is 2.63. The average Bonchev–Trinajstić information content (AvgIpc) is 2.61. The van der Waals surface area contributed by atoms with Crippen LogP contribution in [-0.2, 0) is 17.9 Å². The van der Waals surface area contributed by atoms with Crippen molar-refractivity contribution in [2.45, 2.75) is 19.5 Å². The van der Waals surface area contributed by atoms with Crippen LogP contribution >= 0.6 is 0 Å². The van der Waals surface area contributed by atoms with Crippen molar-refractivity contribution in [3.05, 3.63) is 24.0 Å². The second-order valence-corrected chi connectivity index (χ2v) is 3.58. The molecule has 0 atom stereocenters. The number of rotatable bonds is 3. The number of hydrogen-bond acceptors (Lipinski definition) is 2. The van der Waals surface area contributed by atoms with Crippen molar-refractivity contribution in [2.75, 3.05) is 13.1 Å². The molecule has 2 heterocycles. The topological polar surface area (TPSA) is 51.3 Å². The van der Waals surface area contributed by atoms with Crippen LogP contribution in [0.15, 0.2) is 18.3 Å². The molecule has 1 aliphatic rings. The van der Waals surface area contributed by atoms with Crippen molar-refractivity contribution in [3.63, 3.8) is 0 Å². The molecule has 76 valence electrons. The standard InChI is InChI=1S/C10H15N3O/c11-4-2-6-13-7-9-3-1-5-12(9)8-10(13)14/h1,3,5H,2,4,6-8,11H2. The molecule has 1 aromatic heterocycles. The summed E-state index contributed by atoms with van der Waals surface area (Å²) in [7, 11) is 0. The summed E-state index contributed by atoms with van der Waals surface area (Å²) in [6.07, 6.45) is 2.83. The van der Waals surface area contributed by atoms with Crippen molar-refractivity contribution in [1.82, 2.24) is 9.47 Å². The maximum absolute atomic E-state index is 11.6. The van der Waals surface area contributed by atoms with Gasteiger partial charge in [-0.1, -0.05) is 0 Å². The summed E-state index contributed by atoms with van der Waals surface area (Å²) in [5, 5.41) is 0. The highest BCUT2D eigenvalue weighted by molar-refractivity contribution is 5.77. The van der Waals surface area contributed by atoms with Gasteiger partial charge in [0.05, 0.1) is 6.54 Å². The molecule has 1 amide bonds. The molecule has 0 unspecified atom stereocenters. The molecular weight excluding hydrogens is 178 g/mol. The van der Waals surface area contributed by atoms with Crippen LogP contribution < -0.4 is 5.73 Å². The highest BCUT2D eigenvalue weighted by Crippen LogP contribution is 2.13. The Balaban J connectivity index is 2.06. The predicted octanol–water partition coefficient (Wildman–Crippen LogP) is 0.179. The molecule has 0 radical (unpaired) electrons. The van der Waals surface area contributed by atoms with Crippen LogP contribution in [0, 0.1) is 0 Å². The van der Waals surface area contributed by atoms with Crippen LogP contribution in [0.4, 0.5) is 0 Å². The smallest absolute Gasteiger partial charge is 0.242 e. The third-order valence-corrected chi connectivity index (χ3v) is 2.57. The zero-order valence-corrected chi connectivity index (χ0v) is 8.15. The zero-order chi connectivity index (χ0) is 9.97. The normalized spacial score (nSPS) is 15.8. The Bertz CT molecular complexity index is 332. The molecule has 4 nitrogen and oxygen atoms in total. The van der Waals surface area contributed by atoms with Crippen LogP contribution in [0.25, 0.3) is 0 Å². The summed E-state index contributed by atoms with van der Waals surface area (Å²) in [6, 6.07) is 4.04. The van der Waals surface area contributed by atoms with Crippen molar-refractivity contribution in [3.8, 4) is 0 Å². The van der Waals surface area contributed by atoms with Crippen LogP contribution in [0.2, 0.25) is 0 Å². The van der Waals surface area contributed by atoms with Crippen molar-refractivity contribution in [2.24, 2.45) is 5.73 Å². The third-order valence-electron chi connectivity index (χ3n) is 2.57. The minimum Gasteiger partial charge on any atom is -0.340 e. The van der Waals surface area contributed by atoms with Gasteiger partial charge in [0.2, 0.25) is 5.91 Å². The van der Waals surface area contributed by atoms with Gasteiger partial charge in [0, 0.05) is 18.4 Å². The molecule has 2 rings (SSSR count). The number of fused-ring (bicyclic) bond motifs is 1. The fourth-order valence-electron chi connectivity index (χ4n) is 1.76. The molecule has 1 aromatic rings. The van der Waals surface area contributed by atoms with Crippen LogP contribution in [0.3, 0.4) is 0 Å². The summed E-state index contributed by atoms with van der Waals surface area (Å²) in [4.78, 5) is 13.5. The van der Waals surface area contributed by atoms with E-state index in [1.54, 1.807) is 0 Å². The molecule has 0 aliphatic carbocycles. The lowest BCUT2D eigenvalue weighted by atomic mass is 10.2. The number of amides is 1. The summed E-state index contributed by atoms with van der Waals surface area (Å²) >= 11 is 0. The van der Waals surface area contributed by atoms with E-state index in [4.69, 9.17) is 5.73 Å². The van der Waals surface area contributed by atoms with Crippen LogP contribution in [0.5, 0.6) is 0 Å². The van der Waals surface area contributed by atoms with Crippen molar-refractivity contribution >= 4 is 5.91 Å². The van der Waals surface area contributed by atoms with Gasteiger partial charge in [-0.3, -0.25) is 4.79 Å². The highest BCUT2D eigenvalue weighted by Gasteiger charge is 2.21. The molecule has 0 fully saturated rings. The molecular formula is C10H15N3O. The van der Waals surface area contributed by atoms with E-state index in [0.29, 0.717) is 13.1 Å². The average molecular weight is 193 g/mol. The molecule has 14 heavy (non-hydrogen) atoms. The van der Waals surface area contributed by atoms with E-state index < -0.39 is 0 Å². The Hall–Kier alpha value is -1.29. The maximum Gasteiger partial charge on any atom is 0.242 e. The summed E-state index contributed by atoms with van der Waals surface area (Å²) in [5.41, 5.74) is 6.63. The molecule has 0 saturated heterocycles. The van der Waals surface area contributed by atoms with E-state index in [-0.39, 0.29) is 5.91 Å². The lowest BCUT2D eigenvalue weighted by Crippen LogP contribution is -2.39. The molecule has 0 saturated carbocycles. The predicted molar refractivity (Wildman–Crippen MR) is 53.5 cm³/mol. The highest BCUT2D eigenvalue weighted by atomic mass is 16.2. The lowest BCUT2D eigenvalue weighted by molar-refractivity contribution is -0.134. The second kappa shape index (κ2) is 3.84. The van der Waals surface area contributed by atoms with Crippen molar-refractivity contribution in [1.29, 1.82) is 0 Å². The minimum absolute atomic E-state index is 0.196. The van der Waals surface area contributed by atoms with E-state index in [1.807, 2.05) is 21.7 Å². The second-order valence-electron chi connectivity index (χ2n) is 3.58. The van der Waals surface area contributed by atoms with E-state index >= 15 is 0 Å². The van der Waals surface area contributed by atoms with Gasteiger partial charge >= 0.3 is 0 Å². The monoisotopic (exact) mass is 193 g/mol. The number of nitrogens with zero attached hydrogens (tertiary/aromatic N) is 2. The number of carbonyl (C=O) groups is 1. The fraction of sp³-hybridized carbons (Fsp3) is 0.500. The molecule has 2 N–H and O–H groups in total. The van der Waals surface area contributed by atoms with Gasteiger partial charge < -0.3 is 15.2 Å². The number of hydrogen-bond donors (Lipinski definition) is 1. The van der Waals surface area contributed by atoms with Gasteiger partial charge in [0.25, 0.3) is 0 Å². The Kier molecular flexibility index (Phi) is 2.54. The van der Waals surface area contributed by atoms with Crippen LogP contribution in [-0.4, -0.2) is 28.5 Å². The zero-order valence-electron chi connectivity index (χ0n) is 8.15. The number of aromatic nitrogens is 1. The minimum atomic E-state index is 0.196. The first-order valence-electron chi connectivity index (χ1n) is 4.93. The maximum atomic E-state index is 11.6. The molecule has 0 bridgehead atoms. The summed E-state index contributed by atoms with van der Waals surface area (Å²) in [5.74, 6) is 0.196. The van der Waals surface area contributed by atoms with Crippen molar-refractivity contribution < 1.29 is 4.79 Å². The van der Waals surface area contributed by atoms with Gasteiger partial charge in [-0.25, -0.2) is 0 Å². The van der Waals surface area contributed by atoms with E-state index in [9.17, 15) is 4.79 Å². The van der Waals surface area contributed by atoms with E-state index in [2.05, 4.69) is 6.07 Å². The first-order chi connectivity index (χ1) is 6.81. The van der Waals surface area contributed by atoms with Gasteiger partial charge in [0.1, 0.15) is 6.54 Å². The Labute approximate surface area is 83.3 Å². The lowest BCUT2D eigenvalue weighted by Gasteiger charge is -2.28. The SMILES string of the molecule is NCCCN1Cc2cccn2CC1=O. The Morgan fingerprint density at radius 1 is 1.43 bits per heavy atom. The number of carbonyl (C=O) groups excluding carboxylic acids is 1. The van der Waals surface area contributed by atoms with E-state index in [1.165, 1.54) is 5.69 Å². The van der Waals surface area contributed by atoms with Gasteiger partial charge in [-0.15, -0.1) is 0 Å². The molecule has 1 aliphatic heterocycles. The molecule has 0 spiro atoms. The Morgan fingerprint density at radius 2 is 2.29 bits per heavy atom. The van der Waals surface area contributed by atoms with Crippen LogP contribution in [0.1, 0.15) is 12.1 Å². The number of nitrogens with two attached hydrogens (primary N) is 1. The summed E-state index contributed by atoms with van der Waals surface area (Å²) < 4.78 is 2.00. The van der Waals surface area contributed by atoms with Gasteiger partial charge in [-0.2, -0.15) is 0 Å². The van der Waals surface area contributed by atoms with Gasteiger partial charge in [0.15, 0.2) is 0 Å². The third kappa shape index (κ3) is 1.65. The first-order valence-corrected chi connectivity index (χ1v) is 4.93.